The zero-order chi connectivity index (χ0) is 17.2. The van der Waals surface area contributed by atoms with Crippen LogP contribution in [0.15, 0.2) is 47.5 Å². The van der Waals surface area contributed by atoms with Gasteiger partial charge in [-0.2, -0.15) is 5.10 Å². The highest BCUT2D eigenvalue weighted by atomic mass is 16.1. The molecule has 1 aliphatic rings. The number of nitrogens with two attached hydrogens (primary N) is 1. The second-order valence-corrected chi connectivity index (χ2v) is 6.14. The maximum absolute atomic E-state index is 12.3. The minimum atomic E-state index is -0.218. The van der Waals surface area contributed by atoms with Gasteiger partial charge in [0.1, 0.15) is 23.8 Å². The molecule has 0 unspecified atom stereocenters. The third kappa shape index (κ3) is 2.98. The molecule has 1 aliphatic heterocycles. The summed E-state index contributed by atoms with van der Waals surface area (Å²) in [6.45, 7) is 1.63. The number of hydrogen-bond donors (Lipinski definition) is 2. The summed E-state index contributed by atoms with van der Waals surface area (Å²) in [5.41, 5.74) is 6.38. The molecule has 1 fully saturated rings. The molecule has 128 valence electrons. The SMILES string of the molecule is Nc1cc(N2CCC[C@@H](c3n[nH]c(=O)n3-c3ccccc3)C2)ncn1. The van der Waals surface area contributed by atoms with Crippen molar-refractivity contribution >= 4 is 11.6 Å². The van der Waals surface area contributed by atoms with Crippen LogP contribution in [0.3, 0.4) is 0 Å². The molecule has 8 nitrogen and oxygen atoms in total. The lowest BCUT2D eigenvalue weighted by Gasteiger charge is -2.33. The molecule has 0 radical (unpaired) electrons. The minimum absolute atomic E-state index is 0.129. The monoisotopic (exact) mass is 337 g/mol. The zero-order valence-corrected chi connectivity index (χ0v) is 13.7. The van der Waals surface area contributed by atoms with E-state index in [0.29, 0.717) is 5.82 Å². The summed E-state index contributed by atoms with van der Waals surface area (Å²) in [7, 11) is 0. The Balaban J connectivity index is 1.66. The molecule has 0 saturated carbocycles. The minimum Gasteiger partial charge on any atom is -0.384 e. The summed E-state index contributed by atoms with van der Waals surface area (Å²) < 4.78 is 1.66. The molecule has 3 aromatic rings. The van der Waals surface area contributed by atoms with E-state index < -0.39 is 0 Å². The van der Waals surface area contributed by atoms with E-state index in [4.69, 9.17) is 5.73 Å². The number of benzene rings is 1. The first kappa shape index (κ1) is 15.4. The van der Waals surface area contributed by atoms with E-state index in [2.05, 4.69) is 25.1 Å². The summed E-state index contributed by atoms with van der Waals surface area (Å²) in [6, 6.07) is 11.3. The van der Waals surface area contributed by atoms with Crippen molar-refractivity contribution in [3.05, 3.63) is 59.0 Å². The van der Waals surface area contributed by atoms with Crippen LogP contribution in [0.5, 0.6) is 0 Å². The molecular formula is C17H19N7O. The highest BCUT2D eigenvalue weighted by Gasteiger charge is 2.27. The van der Waals surface area contributed by atoms with Crippen molar-refractivity contribution in [3.8, 4) is 5.69 Å². The molecule has 1 aromatic carbocycles. The molecule has 0 amide bonds. The fraction of sp³-hybridized carbons (Fsp3) is 0.294. The Kier molecular flexibility index (Phi) is 3.93. The smallest absolute Gasteiger partial charge is 0.347 e. The normalized spacial score (nSPS) is 17.6. The van der Waals surface area contributed by atoms with Crippen LogP contribution in [-0.4, -0.2) is 37.8 Å². The van der Waals surface area contributed by atoms with Crippen molar-refractivity contribution in [2.45, 2.75) is 18.8 Å². The summed E-state index contributed by atoms with van der Waals surface area (Å²) >= 11 is 0. The van der Waals surface area contributed by atoms with Gasteiger partial charge < -0.3 is 10.6 Å². The second-order valence-electron chi connectivity index (χ2n) is 6.14. The molecule has 0 aliphatic carbocycles. The number of aromatic amines is 1. The fourth-order valence-corrected chi connectivity index (χ4v) is 3.34. The predicted molar refractivity (Wildman–Crippen MR) is 94.8 cm³/mol. The molecule has 25 heavy (non-hydrogen) atoms. The second kappa shape index (κ2) is 6.39. The number of piperidine rings is 1. The van der Waals surface area contributed by atoms with E-state index in [1.807, 2.05) is 30.3 Å². The molecular weight excluding hydrogens is 318 g/mol. The van der Waals surface area contributed by atoms with Gasteiger partial charge in [-0.05, 0) is 25.0 Å². The van der Waals surface area contributed by atoms with Crippen LogP contribution < -0.4 is 16.3 Å². The number of aromatic nitrogens is 5. The predicted octanol–water partition coefficient (Wildman–Crippen LogP) is 1.32. The van der Waals surface area contributed by atoms with Crippen LogP contribution in [0.2, 0.25) is 0 Å². The molecule has 0 spiro atoms. The Hall–Kier alpha value is -3.16. The average molecular weight is 337 g/mol. The number of para-hydroxylation sites is 1. The van der Waals surface area contributed by atoms with Crippen LogP contribution in [0.1, 0.15) is 24.6 Å². The summed E-state index contributed by atoms with van der Waals surface area (Å²) in [5.74, 6) is 2.14. The Morgan fingerprint density at radius 1 is 1.20 bits per heavy atom. The molecule has 0 bridgehead atoms. The van der Waals surface area contributed by atoms with E-state index in [9.17, 15) is 4.79 Å². The van der Waals surface area contributed by atoms with Gasteiger partial charge in [-0.3, -0.25) is 0 Å². The maximum atomic E-state index is 12.3. The van der Waals surface area contributed by atoms with Crippen molar-refractivity contribution in [3.63, 3.8) is 0 Å². The van der Waals surface area contributed by atoms with E-state index >= 15 is 0 Å². The molecule has 3 heterocycles. The van der Waals surface area contributed by atoms with Crippen LogP contribution in [0, 0.1) is 0 Å². The van der Waals surface area contributed by atoms with Crippen molar-refractivity contribution in [2.75, 3.05) is 23.7 Å². The van der Waals surface area contributed by atoms with Crippen molar-refractivity contribution in [1.29, 1.82) is 0 Å². The summed E-state index contributed by atoms with van der Waals surface area (Å²) in [5, 5.41) is 6.89. The van der Waals surface area contributed by atoms with Gasteiger partial charge in [-0.1, -0.05) is 18.2 Å². The third-order valence-corrected chi connectivity index (χ3v) is 4.50. The molecule has 1 atom stereocenters. The van der Waals surface area contributed by atoms with E-state index in [1.165, 1.54) is 6.33 Å². The molecule has 8 heteroatoms. The Bertz CT molecular complexity index is 918. The zero-order valence-electron chi connectivity index (χ0n) is 13.7. The molecule has 1 saturated heterocycles. The lowest BCUT2D eigenvalue weighted by Crippen LogP contribution is -2.36. The number of nitrogens with zero attached hydrogens (tertiary/aromatic N) is 5. The van der Waals surface area contributed by atoms with E-state index in [0.717, 1.165) is 43.3 Å². The van der Waals surface area contributed by atoms with Crippen molar-refractivity contribution < 1.29 is 0 Å². The van der Waals surface area contributed by atoms with Gasteiger partial charge in [-0.25, -0.2) is 24.4 Å². The first-order valence-electron chi connectivity index (χ1n) is 8.27. The van der Waals surface area contributed by atoms with Gasteiger partial charge >= 0.3 is 5.69 Å². The van der Waals surface area contributed by atoms with Gasteiger partial charge in [0.2, 0.25) is 0 Å². The lowest BCUT2D eigenvalue weighted by molar-refractivity contribution is 0.482. The van der Waals surface area contributed by atoms with Crippen molar-refractivity contribution in [1.82, 2.24) is 24.7 Å². The summed E-state index contributed by atoms with van der Waals surface area (Å²) in [4.78, 5) is 22.7. The number of nitrogens with one attached hydrogen (secondary N) is 1. The number of nitrogen functional groups attached to an aromatic ring is 1. The average Bonchev–Trinajstić information content (AvgIpc) is 3.04. The van der Waals surface area contributed by atoms with Crippen LogP contribution in [-0.2, 0) is 0 Å². The standard InChI is InChI=1S/C17H19N7O/c18-14-9-15(20-11-19-14)23-8-4-5-12(10-23)16-21-22-17(25)24(16)13-6-2-1-3-7-13/h1-3,6-7,9,11-12H,4-5,8,10H2,(H,22,25)(H2,18,19,20)/t12-/m1/s1. The van der Waals surface area contributed by atoms with Gasteiger partial charge in [0.25, 0.3) is 0 Å². The largest absolute Gasteiger partial charge is 0.384 e. The third-order valence-electron chi connectivity index (χ3n) is 4.50. The fourth-order valence-electron chi connectivity index (χ4n) is 3.34. The number of rotatable bonds is 3. The lowest BCUT2D eigenvalue weighted by atomic mass is 9.97. The van der Waals surface area contributed by atoms with Gasteiger partial charge in [0, 0.05) is 25.1 Å². The van der Waals surface area contributed by atoms with Crippen LogP contribution in [0.4, 0.5) is 11.6 Å². The van der Waals surface area contributed by atoms with E-state index in [1.54, 1.807) is 10.6 Å². The topological polar surface area (TPSA) is 106 Å². The van der Waals surface area contributed by atoms with E-state index in [-0.39, 0.29) is 11.6 Å². The van der Waals surface area contributed by atoms with Crippen molar-refractivity contribution in [2.24, 2.45) is 0 Å². The Morgan fingerprint density at radius 2 is 2.04 bits per heavy atom. The number of anilines is 2. The van der Waals surface area contributed by atoms with Gasteiger partial charge in [0.05, 0.1) is 5.69 Å². The first-order valence-corrected chi connectivity index (χ1v) is 8.27. The highest BCUT2D eigenvalue weighted by molar-refractivity contribution is 5.46. The van der Waals surface area contributed by atoms with Crippen LogP contribution in [0.25, 0.3) is 5.69 Å². The van der Waals surface area contributed by atoms with Crippen LogP contribution >= 0.6 is 0 Å². The Morgan fingerprint density at radius 3 is 2.84 bits per heavy atom. The first-order chi connectivity index (χ1) is 12.2. The van der Waals surface area contributed by atoms with Gasteiger partial charge in [0.15, 0.2) is 0 Å². The van der Waals surface area contributed by atoms with Gasteiger partial charge in [-0.15, -0.1) is 0 Å². The quantitative estimate of drug-likeness (QED) is 0.746. The molecule has 3 N–H and O–H groups in total. The Labute approximate surface area is 144 Å². The molecule has 4 rings (SSSR count). The molecule has 2 aromatic heterocycles. The maximum Gasteiger partial charge on any atom is 0.347 e. The number of H-pyrrole nitrogens is 1. The summed E-state index contributed by atoms with van der Waals surface area (Å²) in [6.07, 6.45) is 3.43. The number of hydrogen-bond acceptors (Lipinski definition) is 6. The highest BCUT2D eigenvalue weighted by Crippen LogP contribution is 2.28.